The quantitative estimate of drug-likeness (QED) is 0.475. The molecular formula is C12H20O5. The largest absolute Gasteiger partial charge is 0.462 e. The summed E-state index contributed by atoms with van der Waals surface area (Å²) in [5, 5.41) is 28.7. The third-order valence-corrected chi connectivity index (χ3v) is 2.71. The van der Waals surface area contributed by atoms with Crippen LogP contribution in [-0.4, -0.2) is 45.7 Å². The van der Waals surface area contributed by atoms with Crippen molar-refractivity contribution in [3.8, 4) is 0 Å². The average molecular weight is 244 g/mol. The fourth-order valence-electron chi connectivity index (χ4n) is 1.80. The smallest absolute Gasteiger partial charge is 0.309 e. The molecule has 0 fully saturated rings. The van der Waals surface area contributed by atoms with E-state index in [0.29, 0.717) is 6.42 Å². The first kappa shape index (κ1) is 14.2. The Hall–Kier alpha value is -0.910. The lowest BCUT2D eigenvalue weighted by molar-refractivity contribution is -0.153. The van der Waals surface area contributed by atoms with Crippen LogP contribution in [-0.2, 0) is 9.53 Å². The molecule has 1 heterocycles. The van der Waals surface area contributed by atoms with E-state index in [9.17, 15) is 20.1 Å². The Morgan fingerprint density at radius 3 is 2.71 bits per heavy atom. The van der Waals surface area contributed by atoms with E-state index in [4.69, 9.17) is 4.74 Å². The highest BCUT2D eigenvalue weighted by Gasteiger charge is 2.24. The highest BCUT2D eigenvalue weighted by atomic mass is 16.5. The molecule has 0 unspecified atom stereocenters. The van der Waals surface area contributed by atoms with Gasteiger partial charge in [-0.1, -0.05) is 25.5 Å². The molecule has 1 aliphatic rings. The third kappa shape index (κ3) is 4.85. The number of hydrogen-bond acceptors (Lipinski definition) is 5. The Bertz CT molecular complexity index is 276. The molecule has 0 amide bonds. The van der Waals surface area contributed by atoms with Crippen LogP contribution in [0.15, 0.2) is 12.2 Å². The van der Waals surface area contributed by atoms with Gasteiger partial charge in [0.15, 0.2) is 0 Å². The van der Waals surface area contributed by atoms with Crippen molar-refractivity contribution >= 4 is 5.97 Å². The molecule has 0 bridgehead atoms. The Balaban J connectivity index is 2.74. The second-order valence-electron chi connectivity index (χ2n) is 4.35. The van der Waals surface area contributed by atoms with Crippen LogP contribution in [0.1, 0.15) is 32.6 Å². The maximum absolute atomic E-state index is 11.4. The lowest BCUT2D eigenvalue weighted by Crippen LogP contribution is -2.33. The molecular weight excluding hydrogens is 224 g/mol. The molecule has 3 N–H and O–H groups in total. The predicted octanol–water partition coefficient (Wildman–Crippen LogP) is 0.131. The number of cyclic esters (lactones) is 1. The molecule has 0 saturated carbocycles. The standard InChI is InChI=1S/C12H20O5/c1-2-3-9-7-11(15)10(14)5-4-8(13)6-12(16)17-9/h4-5,8-11,13-15H,2-3,6-7H2,1H3/t8-,9-,10+,11+/m1/s1. The molecule has 98 valence electrons. The highest BCUT2D eigenvalue weighted by Crippen LogP contribution is 2.16. The summed E-state index contributed by atoms with van der Waals surface area (Å²) in [5.74, 6) is -0.482. The number of ether oxygens (including phenoxy) is 1. The Labute approximate surface area is 101 Å². The molecule has 0 aromatic carbocycles. The van der Waals surface area contributed by atoms with Crippen molar-refractivity contribution in [3.63, 3.8) is 0 Å². The molecule has 17 heavy (non-hydrogen) atoms. The first-order valence-corrected chi connectivity index (χ1v) is 5.95. The monoisotopic (exact) mass is 244 g/mol. The SMILES string of the molecule is CCC[C@@H]1C[C@H](O)[C@@H](O)C=C[C@@H](O)CC(=O)O1. The zero-order valence-electron chi connectivity index (χ0n) is 9.95. The Morgan fingerprint density at radius 1 is 1.35 bits per heavy atom. The molecule has 1 aliphatic heterocycles. The number of aliphatic hydroxyl groups excluding tert-OH is 3. The minimum absolute atomic E-state index is 0.125. The summed E-state index contributed by atoms with van der Waals surface area (Å²) < 4.78 is 5.15. The summed E-state index contributed by atoms with van der Waals surface area (Å²) in [6, 6.07) is 0. The second kappa shape index (κ2) is 6.74. The third-order valence-electron chi connectivity index (χ3n) is 2.71. The van der Waals surface area contributed by atoms with Crippen molar-refractivity contribution in [1.29, 1.82) is 0 Å². The summed E-state index contributed by atoms with van der Waals surface area (Å²) in [6.07, 6.45) is 0.740. The Morgan fingerprint density at radius 2 is 2.06 bits per heavy atom. The van der Waals surface area contributed by atoms with Crippen LogP contribution in [0.5, 0.6) is 0 Å². The molecule has 0 radical (unpaired) electrons. The van der Waals surface area contributed by atoms with Crippen LogP contribution in [0, 0.1) is 0 Å². The molecule has 0 aromatic rings. The summed E-state index contributed by atoms with van der Waals surface area (Å²) in [7, 11) is 0. The van der Waals surface area contributed by atoms with Crippen LogP contribution >= 0.6 is 0 Å². The van der Waals surface area contributed by atoms with Gasteiger partial charge in [-0.25, -0.2) is 0 Å². The van der Waals surface area contributed by atoms with E-state index in [-0.39, 0.29) is 12.8 Å². The molecule has 0 aromatic heterocycles. The second-order valence-corrected chi connectivity index (χ2v) is 4.35. The van der Waals surface area contributed by atoms with Crippen LogP contribution in [0.2, 0.25) is 0 Å². The van der Waals surface area contributed by atoms with Crippen molar-refractivity contribution in [2.75, 3.05) is 0 Å². The number of aliphatic hydroxyl groups is 3. The first-order chi connectivity index (χ1) is 8.02. The fourth-order valence-corrected chi connectivity index (χ4v) is 1.80. The van der Waals surface area contributed by atoms with Crippen molar-refractivity contribution in [1.82, 2.24) is 0 Å². The zero-order valence-corrected chi connectivity index (χ0v) is 9.95. The molecule has 1 rings (SSSR count). The molecule has 0 spiro atoms. The number of rotatable bonds is 2. The molecule has 5 nitrogen and oxygen atoms in total. The van der Waals surface area contributed by atoms with Gasteiger partial charge in [0.25, 0.3) is 0 Å². The first-order valence-electron chi connectivity index (χ1n) is 5.95. The van der Waals surface area contributed by atoms with E-state index in [1.54, 1.807) is 0 Å². The van der Waals surface area contributed by atoms with Crippen molar-refractivity contribution < 1.29 is 24.9 Å². The van der Waals surface area contributed by atoms with Gasteiger partial charge in [-0.15, -0.1) is 0 Å². The van der Waals surface area contributed by atoms with E-state index in [1.165, 1.54) is 12.2 Å². The van der Waals surface area contributed by atoms with E-state index < -0.39 is 30.4 Å². The van der Waals surface area contributed by atoms with Crippen molar-refractivity contribution in [3.05, 3.63) is 12.2 Å². The van der Waals surface area contributed by atoms with Gasteiger partial charge in [-0.3, -0.25) is 4.79 Å². The minimum Gasteiger partial charge on any atom is -0.462 e. The zero-order chi connectivity index (χ0) is 12.8. The average Bonchev–Trinajstić information content (AvgIpc) is 2.24. The van der Waals surface area contributed by atoms with Gasteiger partial charge in [-0.2, -0.15) is 0 Å². The number of hydrogen-bond donors (Lipinski definition) is 3. The number of carbonyl (C=O) groups excluding carboxylic acids is 1. The summed E-state index contributed by atoms with van der Waals surface area (Å²) in [5.41, 5.74) is 0. The Kier molecular flexibility index (Phi) is 5.61. The predicted molar refractivity (Wildman–Crippen MR) is 61.2 cm³/mol. The van der Waals surface area contributed by atoms with E-state index >= 15 is 0 Å². The normalized spacial score (nSPS) is 35.4. The lowest BCUT2D eigenvalue weighted by Gasteiger charge is -2.24. The van der Waals surface area contributed by atoms with E-state index in [1.807, 2.05) is 6.92 Å². The maximum Gasteiger partial charge on any atom is 0.309 e. The van der Waals surface area contributed by atoms with Crippen molar-refractivity contribution in [2.45, 2.75) is 57.0 Å². The summed E-state index contributed by atoms with van der Waals surface area (Å²) in [4.78, 5) is 11.4. The molecule has 0 aliphatic carbocycles. The van der Waals surface area contributed by atoms with Crippen LogP contribution < -0.4 is 0 Å². The van der Waals surface area contributed by atoms with Crippen LogP contribution in [0.3, 0.4) is 0 Å². The van der Waals surface area contributed by atoms with Gasteiger partial charge in [0.1, 0.15) is 6.10 Å². The van der Waals surface area contributed by atoms with Crippen molar-refractivity contribution in [2.24, 2.45) is 0 Å². The van der Waals surface area contributed by atoms with Crippen LogP contribution in [0.25, 0.3) is 0 Å². The van der Waals surface area contributed by atoms with Gasteiger partial charge < -0.3 is 20.1 Å². The highest BCUT2D eigenvalue weighted by molar-refractivity contribution is 5.70. The van der Waals surface area contributed by atoms with Gasteiger partial charge in [0.05, 0.1) is 24.7 Å². The van der Waals surface area contributed by atoms with Gasteiger partial charge in [0.2, 0.25) is 0 Å². The number of carbonyl (C=O) groups is 1. The molecule has 5 heteroatoms. The maximum atomic E-state index is 11.4. The van der Waals surface area contributed by atoms with Crippen LogP contribution in [0.4, 0.5) is 0 Å². The molecule has 0 saturated heterocycles. The van der Waals surface area contributed by atoms with E-state index in [2.05, 4.69) is 0 Å². The molecule has 4 atom stereocenters. The topological polar surface area (TPSA) is 87.0 Å². The fraction of sp³-hybridized carbons (Fsp3) is 0.750. The van der Waals surface area contributed by atoms with E-state index in [0.717, 1.165) is 6.42 Å². The minimum atomic E-state index is -1.04. The lowest BCUT2D eigenvalue weighted by atomic mass is 10.0. The summed E-state index contributed by atoms with van der Waals surface area (Å²) >= 11 is 0. The summed E-state index contributed by atoms with van der Waals surface area (Å²) in [6.45, 7) is 1.95. The number of esters is 1. The van der Waals surface area contributed by atoms with Gasteiger partial charge in [0, 0.05) is 6.42 Å². The van der Waals surface area contributed by atoms with Gasteiger partial charge >= 0.3 is 5.97 Å². The van der Waals surface area contributed by atoms with Gasteiger partial charge in [-0.05, 0) is 6.42 Å².